The molecule has 15 heavy (non-hydrogen) atoms. The van der Waals surface area contributed by atoms with Gasteiger partial charge in [0.15, 0.2) is 0 Å². The number of nitrogens with one attached hydrogen (secondary N) is 1. The molecule has 0 aliphatic rings. The Hall–Kier alpha value is -0.330. The third-order valence-corrected chi connectivity index (χ3v) is 3.09. The Bertz CT molecular complexity index is 370. The van der Waals surface area contributed by atoms with Gasteiger partial charge in [0.05, 0.1) is 11.7 Å². The fourth-order valence-corrected chi connectivity index (χ4v) is 2.01. The van der Waals surface area contributed by atoms with E-state index in [4.69, 9.17) is 17.3 Å². The minimum atomic E-state index is -0.462. The molecule has 0 saturated carbocycles. The number of anilines is 1. The summed E-state index contributed by atoms with van der Waals surface area (Å²) < 4.78 is 0.900. The lowest BCUT2D eigenvalue weighted by Gasteiger charge is -2.11. The molecule has 0 aliphatic carbocycles. The zero-order valence-corrected chi connectivity index (χ0v) is 11.2. The van der Waals surface area contributed by atoms with Crippen LogP contribution in [-0.4, -0.2) is 11.9 Å². The third-order valence-electron chi connectivity index (χ3n) is 1.97. The summed E-state index contributed by atoms with van der Waals surface area (Å²) in [7, 11) is 0. The van der Waals surface area contributed by atoms with Crippen molar-refractivity contribution in [2.24, 2.45) is 5.73 Å². The highest BCUT2D eigenvalue weighted by Gasteiger charge is 2.12. The van der Waals surface area contributed by atoms with Gasteiger partial charge in [0.1, 0.15) is 0 Å². The Morgan fingerprint density at radius 2 is 2.33 bits per heavy atom. The quantitative estimate of drug-likeness (QED) is 0.833. The van der Waals surface area contributed by atoms with Crippen molar-refractivity contribution >= 4 is 45.8 Å². The number of nitrogens with two attached hydrogens (primary N) is 1. The van der Waals surface area contributed by atoms with Crippen LogP contribution < -0.4 is 11.1 Å². The van der Waals surface area contributed by atoms with Crippen LogP contribution in [-0.2, 0) is 4.79 Å². The van der Waals surface area contributed by atoms with E-state index in [1.165, 1.54) is 0 Å². The van der Waals surface area contributed by atoms with Crippen LogP contribution in [0.5, 0.6) is 0 Å². The second-order valence-electron chi connectivity index (χ2n) is 3.13. The summed E-state index contributed by atoms with van der Waals surface area (Å²) in [6.07, 6.45) is 0.621. The van der Waals surface area contributed by atoms with Crippen LogP contribution in [0.15, 0.2) is 18.2 Å². The summed E-state index contributed by atoms with van der Waals surface area (Å²) in [6.45, 7) is 1.87. The molecule has 1 amide bonds. The lowest BCUT2D eigenvalue weighted by molar-refractivity contribution is -0.117. The van der Waals surface area contributed by atoms with Gasteiger partial charge in [0, 0.05) is 8.59 Å². The van der Waals surface area contributed by atoms with Crippen LogP contribution in [0.1, 0.15) is 13.3 Å². The first-order chi connectivity index (χ1) is 7.04. The van der Waals surface area contributed by atoms with E-state index in [0.29, 0.717) is 11.4 Å². The molecule has 1 unspecified atom stereocenters. The van der Waals surface area contributed by atoms with Gasteiger partial charge in [-0.2, -0.15) is 0 Å². The predicted molar refractivity (Wildman–Crippen MR) is 71.1 cm³/mol. The maximum atomic E-state index is 11.5. The molecule has 1 aromatic carbocycles. The average Bonchev–Trinajstić information content (AvgIpc) is 2.20. The van der Waals surface area contributed by atoms with Crippen molar-refractivity contribution in [3.63, 3.8) is 0 Å². The van der Waals surface area contributed by atoms with Crippen molar-refractivity contribution in [3.05, 3.63) is 26.8 Å². The number of hydrogen-bond donors (Lipinski definition) is 2. The van der Waals surface area contributed by atoms with E-state index in [0.717, 1.165) is 9.26 Å². The van der Waals surface area contributed by atoms with Crippen LogP contribution in [0.3, 0.4) is 0 Å². The van der Waals surface area contributed by atoms with E-state index >= 15 is 0 Å². The minimum Gasteiger partial charge on any atom is -0.324 e. The highest BCUT2D eigenvalue weighted by molar-refractivity contribution is 14.1. The molecule has 5 heteroatoms. The van der Waals surface area contributed by atoms with Gasteiger partial charge in [0.25, 0.3) is 0 Å². The Morgan fingerprint density at radius 1 is 1.67 bits per heavy atom. The van der Waals surface area contributed by atoms with Crippen LogP contribution >= 0.6 is 34.2 Å². The van der Waals surface area contributed by atoms with Gasteiger partial charge in [-0.05, 0) is 47.2 Å². The first-order valence-corrected chi connectivity index (χ1v) is 6.01. The van der Waals surface area contributed by atoms with Gasteiger partial charge in [-0.3, -0.25) is 4.79 Å². The van der Waals surface area contributed by atoms with E-state index in [1.807, 2.05) is 6.92 Å². The Labute approximate surface area is 108 Å². The maximum Gasteiger partial charge on any atom is 0.241 e. The van der Waals surface area contributed by atoms with Gasteiger partial charge < -0.3 is 11.1 Å². The lowest BCUT2D eigenvalue weighted by atomic mass is 10.2. The zero-order valence-electron chi connectivity index (χ0n) is 8.26. The number of carbonyl (C=O) groups excluding carboxylic acids is 1. The third kappa shape index (κ3) is 3.62. The predicted octanol–water partition coefficient (Wildman–Crippen LogP) is 2.62. The fourth-order valence-electron chi connectivity index (χ4n) is 1.00. The first kappa shape index (κ1) is 12.7. The van der Waals surface area contributed by atoms with Crippen LogP contribution in [0, 0.1) is 3.57 Å². The number of carbonyl (C=O) groups is 1. The van der Waals surface area contributed by atoms with Crippen LogP contribution in [0.4, 0.5) is 5.69 Å². The summed E-state index contributed by atoms with van der Waals surface area (Å²) in [5.41, 5.74) is 6.35. The molecule has 82 valence electrons. The van der Waals surface area contributed by atoms with Gasteiger partial charge in [-0.1, -0.05) is 18.5 Å². The largest absolute Gasteiger partial charge is 0.324 e. The molecule has 0 aliphatic heterocycles. The molecule has 0 bridgehead atoms. The molecule has 1 atom stereocenters. The monoisotopic (exact) mass is 338 g/mol. The second kappa shape index (κ2) is 5.67. The van der Waals surface area contributed by atoms with Gasteiger partial charge >= 0.3 is 0 Å². The van der Waals surface area contributed by atoms with Crippen molar-refractivity contribution in [1.82, 2.24) is 0 Å². The van der Waals surface area contributed by atoms with Crippen molar-refractivity contribution in [1.29, 1.82) is 0 Å². The maximum absolute atomic E-state index is 11.5. The Balaban J connectivity index is 2.77. The van der Waals surface area contributed by atoms with Crippen molar-refractivity contribution in [2.45, 2.75) is 19.4 Å². The number of benzene rings is 1. The fraction of sp³-hybridized carbons (Fsp3) is 0.300. The summed E-state index contributed by atoms with van der Waals surface area (Å²) in [4.78, 5) is 11.5. The molecule has 1 rings (SSSR count). The zero-order chi connectivity index (χ0) is 11.4. The summed E-state index contributed by atoms with van der Waals surface area (Å²) in [5, 5.41) is 3.41. The highest BCUT2D eigenvalue weighted by atomic mass is 127. The number of rotatable bonds is 3. The van der Waals surface area contributed by atoms with Crippen molar-refractivity contribution in [2.75, 3.05) is 5.32 Å². The molecular weight excluding hydrogens is 326 g/mol. The average molecular weight is 339 g/mol. The lowest BCUT2D eigenvalue weighted by Crippen LogP contribution is -2.35. The second-order valence-corrected chi connectivity index (χ2v) is 4.73. The smallest absolute Gasteiger partial charge is 0.241 e. The van der Waals surface area contributed by atoms with E-state index in [2.05, 4.69) is 27.9 Å². The molecule has 0 aromatic heterocycles. The topological polar surface area (TPSA) is 55.1 Å². The molecule has 0 fully saturated rings. The van der Waals surface area contributed by atoms with Gasteiger partial charge in [-0.15, -0.1) is 0 Å². The summed E-state index contributed by atoms with van der Waals surface area (Å²) >= 11 is 7.92. The van der Waals surface area contributed by atoms with Crippen molar-refractivity contribution in [3.8, 4) is 0 Å². The molecule has 1 aromatic rings. The van der Waals surface area contributed by atoms with Gasteiger partial charge in [0.2, 0.25) is 5.91 Å². The molecule has 0 radical (unpaired) electrons. The Morgan fingerprint density at radius 3 is 2.87 bits per heavy atom. The molecule has 3 N–H and O–H groups in total. The normalized spacial score (nSPS) is 12.3. The van der Waals surface area contributed by atoms with Gasteiger partial charge in [-0.25, -0.2) is 0 Å². The molecule has 0 saturated heterocycles. The van der Waals surface area contributed by atoms with E-state index in [1.54, 1.807) is 18.2 Å². The highest BCUT2D eigenvalue weighted by Crippen LogP contribution is 2.22. The SMILES string of the molecule is CCC(N)C(=O)Nc1ccc(Cl)cc1I. The van der Waals surface area contributed by atoms with E-state index < -0.39 is 6.04 Å². The first-order valence-electron chi connectivity index (χ1n) is 4.56. The standard InChI is InChI=1S/C10H12ClIN2O/c1-2-8(13)10(15)14-9-4-3-6(11)5-7(9)12/h3-5,8H,2,13H2,1H3,(H,14,15). The van der Waals surface area contributed by atoms with Crippen LogP contribution in [0.25, 0.3) is 0 Å². The van der Waals surface area contributed by atoms with Crippen molar-refractivity contribution < 1.29 is 4.79 Å². The number of halogens is 2. The molecule has 0 heterocycles. The summed E-state index contributed by atoms with van der Waals surface area (Å²) in [6, 6.07) is 4.83. The molecule has 0 spiro atoms. The molecule has 3 nitrogen and oxygen atoms in total. The Kier molecular flexibility index (Phi) is 4.82. The summed E-state index contributed by atoms with van der Waals surface area (Å²) in [5.74, 6) is -0.169. The van der Waals surface area contributed by atoms with Crippen LogP contribution in [0.2, 0.25) is 5.02 Å². The number of hydrogen-bond acceptors (Lipinski definition) is 2. The van der Waals surface area contributed by atoms with E-state index in [-0.39, 0.29) is 5.91 Å². The number of amides is 1. The molecular formula is C10H12ClIN2O. The minimum absolute atomic E-state index is 0.169. The van der Waals surface area contributed by atoms with E-state index in [9.17, 15) is 4.79 Å².